The molecule has 36 heavy (non-hydrogen) atoms. The molecule has 2 bridgehead atoms. The van der Waals surface area contributed by atoms with Crippen molar-refractivity contribution in [1.29, 1.82) is 5.26 Å². The predicted molar refractivity (Wildman–Crippen MR) is 142 cm³/mol. The SMILES string of the molecule is Cn1ncc2cc(-c3ncc4c(ccn4C[C@@H]4C[C@H]5CC[C@@H](C4)N5)c3-c3ccc(C#N)cc3)ccc21. The maximum atomic E-state index is 9.33. The third-order valence-electron chi connectivity index (χ3n) is 8.18. The molecular formula is C30H28N6. The maximum Gasteiger partial charge on any atom is 0.0991 e. The molecule has 178 valence electrons. The van der Waals surface area contributed by atoms with Gasteiger partial charge in [-0.3, -0.25) is 9.67 Å². The zero-order valence-corrected chi connectivity index (χ0v) is 20.4. The van der Waals surface area contributed by atoms with Gasteiger partial charge in [0.15, 0.2) is 0 Å². The highest BCUT2D eigenvalue weighted by atomic mass is 15.2. The van der Waals surface area contributed by atoms with Crippen LogP contribution in [0.25, 0.3) is 44.2 Å². The van der Waals surface area contributed by atoms with E-state index >= 15 is 0 Å². The lowest BCUT2D eigenvalue weighted by atomic mass is 9.92. The van der Waals surface area contributed by atoms with Crippen molar-refractivity contribution < 1.29 is 0 Å². The van der Waals surface area contributed by atoms with Gasteiger partial charge in [-0.25, -0.2) is 0 Å². The van der Waals surface area contributed by atoms with Crippen LogP contribution in [-0.4, -0.2) is 31.4 Å². The standard InChI is InChI=1S/C30H28N6/c1-35-27-9-6-22(14-23(27)16-33-35)30-29(21-4-2-19(15-31)3-5-21)26-10-11-36(28(26)17-32-30)18-20-12-24-7-8-25(13-20)34-24/h2-6,9-11,14,16-17,20,24-25,34H,7-8,12-13,18H2,1H3/t20-,24-,25+. The fourth-order valence-corrected chi connectivity index (χ4v) is 6.45. The van der Waals surface area contributed by atoms with E-state index in [2.05, 4.69) is 51.5 Å². The molecule has 1 N–H and O–H groups in total. The highest BCUT2D eigenvalue weighted by Gasteiger charge is 2.33. The molecule has 5 aromatic rings. The number of fused-ring (bicyclic) bond motifs is 4. The molecule has 6 heteroatoms. The molecule has 0 spiro atoms. The predicted octanol–water partition coefficient (Wildman–Crippen LogP) is 5.66. The number of aromatic nitrogens is 4. The first kappa shape index (κ1) is 21.3. The third-order valence-corrected chi connectivity index (χ3v) is 8.18. The lowest BCUT2D eigenvalue weighted by Crippen LogP contribution is -2.39. The molecule has 0 aliphatic carbocycles. The van der Waals surface area contributed by atoms with Crippen molar-refractivity contribution >= 4 is 21.8 Å². The Balaban J connectivity index is 1.36. The summed E-state index contributed by atoms with van der Waals surface area (Å²) in [6, 6.07) is 20.2. The lowest BCUT2D eigenvalue weighted by Gasteiger charge is -2.29. The number of rotatable bonds is 4. The summed E-state index contributed by atoms with van der Waals surface area (Å²) in [5, 5.41) is 19.8. The van der Waals surface area contributed by atoms with Gasteiger partial charge in [-0.05, 0) is 67.5 Å². The average molecular weight is 473 g/mol. The number of nitrogens with zero attached hydrogens (tertiary/aromatic N) is 5. The maximum absolute atomic E-state index is 9.33. The molecule has 5 heterocycles. The normalized spacial score (nSPS) is 21.3. The molecule has 3 aromatic heterocycles. The quantitative estimate of drug-likeness (QED) is 0.366. The van der Waals surface area contributed by atoms with E-state index in [0.29, 0.717) is 23.6 Å². The van der Waals surface area contributed by atoms with E-state index in [0.717, 1.165) is 39.8 Å². The summed E-state index contributed by atoms with van der Waals surface area (Å²) in [6.07, 6.45) is 11.3. The Hall–Kier alpha value is -3.95. The number of hydrogen-bond acceptors (Lipinski definition) is 4. The lowest BCUT2D eigenvalue weighted by molar-refractivity contribution is 0.274. The Bertz CT molecular complexity index is 1620. The van der Waals surface area contributed by atoms with Crippen LogP contribution in [0.3, 0.4) is 0 Å². The first-order valence-corrected chi connectivity index (χ1v) is 12.8. The molecule has 2 aliphatic rings. The molecule has 0 amide bonds. The summed E-state index contributed by atoms with van der Waals surface area (Å²) in [5.41, 5.74) is 7.15. The molecule has 7 rings (SSSR count). The summed E-state index contributed by atoms with van der Waals surface area (Å²) < 4.78 is 4.29. The second kappa shape index (κ2) is 8.32. The molecule has 3 atom stereocenters. The fraction of sp³-hybridized carbons (Fsp3) is 0.300. The van der Waals surface area contributed by atoms with Crippen LogP contribution in [0.15, 0.2) is 67.1 Å². The van der Waals surface area contributed by atoms with Crippen LogP contribution in [0.2, 0.25) is 0 Å². The first-order chi connectivity index (χ1) is 17.7. The monoisotopic (exact) mass is 472 g/mol. The van der Waals surface area contributed by atoms with Crippen molar-refractivity contribution in [3.05, 3.63) is 72.7 Å². The Morgan fingerprint density at radius 2 is 1.75 bits per heavy atom. The summed E-state index contributed by atoms with van der Waals surface area (Å²) in [6.45, 7) is 1.04. The van der Waals surface area contributed by atoms with Crippen LogP contribution in [-0.2, 0) is 13.6 Å². The second-order valence-corrected chi connectivity index (χ2v) is 10.5. The zero-order valence-electron chi connectivity index (χ0n) is 20.4. The van der Waals surface area contributed by atoms with E-state index in [1.165, 1.54) is 36.6 Å². The number of nitrogens with one attached hydrogen (secondary N) is 1. The van der Waals surface area contributed by atoms with Gasteiger partial charge >= 0.3 is 0 Å². The summed E-state index contributed by atoms with van der Waals surface area (Å²) in [4.78, 5) is 5.05. The van der Waals surface area contributed by atoms with Crippen molar-refractivity contribution in [2.24, 2.45) is 13.0 Å². The van der Waals surface area contributed by atoms with Gasteiger partial charge in [-0.1, -0.05) is 18.2 Å². The van der Waals surface area contributed by atoms with Gasteiger partial charge in [0.25, 0.3) is 0 Å². The van der Waals surface area contributed by atoms with E-state index in [4.69, 9.17) is 4.98 Å². The van der Waals surface area contributed by atoms with Crippen LogP contribution in [0.5, 0.6) is 0 Å². The Morgan fingerprint density at radius 1 is 0.972 bits per heavy atom. The van der Waals surface area contributed by atoms with Crippen LogP contribution in [0.1, 0.15) is 31.2 Å². The van der Waals surface area contributed by atoms with Crippen molar-refractivity contribution in [1.82, 2.24) is 24.6 Å². The van der Waals surface area contributed by atoms with Crippen LogP contribution in [0, 0.1) is 17.2 Å². The Morgan fingerprint density at radius 3 is 2.53 bits per heavy atom. The zero-order chi connectivity index (χ0) is 24.2. The summed E-state index contributed by atoms with van der Waals surface area (Å²) >= 11 is 0. The summed E-state index contributed by atoms with van der Waals surface area (Å²) in [7, 11) is 1.96. The molecule has 0 saturated carbocycles. The number of piperidine rings is 1. The van der Waals surface area contributed by atoms with E-state index < -0.39 is 0 Å². The van der Waals surface area contributed by atoms with Crippen molar-refractivity contribution in [3.8, 4) is 28.5 Å². The minimum Gasteiger partial charge on any atom is -0.346 e. The third kappa shape index (κ3) is 3.51. The molecule has 6 nitrogen and oxygen atoms in total. The van der Waals surface area contributed by atoms with Gasteiger partial charge in [0, 0.05) is 53.8 Å². The van der Waals surface area contributed by atoms with Crippen molar-refractivity contribution in [3.63, 3.8) is 0 Å². The highest BCUT2D eigenvalue weighted by molar-refractivity contribution is 6.02. The van der Waals surface area contributed by atoms with Gasteiger partial charge in [-0.15, -0.1) is 0 Å². The molecule has 2 aliphatic heterocycles. The Labute approximate surface area is 210 Å². The van der Waals surface area contributed by atoms with E-state index in [-0.39, 0.29) is 0 Å². The van der Waals surface area contributed by atoms with Gasteiger partial charge in [0.2, 0.25) is 0 Å². The second-order valence-electron chi connectivity index (χ2n) is 10.5. The number of benzene rings is 2. The smallest absolute Gasteiger partial charge is 0.0991 e. The van der Waals surface area contributed by atoms with Gasteiger partial charge in [-0.2, -0.15) is 10.4 Å². The minimum atomic E-state index is 0.662. The largest absolute Gasteiger partial charge is 0.346 e. The van der Waals surface area contributed by atoms with Crippen LogP contribution in [0.4, 0.5) is 0 Å². The van der Waals surface area contributed by atoms with E-state index in [1.54, 1.807) is 0 Å². The Kier molecular flexibility index (Phi) is 4.93. The van der Waals surface area contributed by atoms with Gasteiger partial charge in [0.1, 0.15) is 0 Å². The molecule has 2 saturated heterocycles. The molecular weight excluding hydrogens is 444 g/mol. The molecule has 0 unspecified atom stereocenters. The number of nitriles is 1. The molecule has 0 radical (unpaired) electrons. The van der Waals surface area contributed by atoms with Crippen LogP contribution < -0.4 is 5.32 Å². The van der Waals surface area contributed by atoms with Gasteiger partial charge in [0.05, 0.1) is 40.8 Å². The fourth-order valence-electron chi connectivity index (χ4n) is 6.45. The van der Waals surface area contributed by atoms with E-state index in [9.17, 15) is 5.26 Å². The van der Waals surface area contributed by atoms with Crippen molar-refractivity contribution in [2.45, 2.75) is 44.3 Å². The van der Waals surface area contributed by atoms with Crippen molar-refractivity contribution in [2.75, 3.05) is 0 Å². The van der Waals surface area contributed by atoms with Gasteiger partial charge < -0.3 is 9.88 Å². The topological polar surface area (TPSA) is 71.5 Å². The molecule has 2 fully saturated rings. The number of hydrogen-bond donors (Lipinski definition) is 1. The van der Waals surface area contributed by atoms with Crippen LogP contribution >= 0.6 is 0 Å². The average Bonchev–Trinajstić information content (AvgIpc) is 3.60. The minimum absolute atomic E-state index is 0.662. The number of pyridine rings is 1. The highest BCUT2D eigenvalue weighted by Crippen LogP contribution is 2.39. The number of aryl methyl sites for hydroxylation is 1. The summed E-state index contributed by atoms with van der Waals surface area (Å²) in [5.74, 6) is 0.699. The first-order valence-electron chi connectivity index (χ1n) is 12.8. The van der Waals surface area contributed by atoms with E-state index in [1.807, 2.05) is 48.4 Å². The molecule has 2 aromatic carbocycles.